The molecule has 1 aliphatic rings. The summed E-state index contributed by atoms with van der Waals surface area (Å²) in [5.41, 5.74) is 7.27. The highest BCUT2D eigenvalue weighted by Crippen LogP contribution is 2.34. The van der Waals surface area contributed by atoms with E-state index in [0.29, 0.717) is 12.2 Å². The molecular formula is C13H16N4O3S. The molecule has 7 nitrogen and oxygen atoms in total. The molecule has 0 atom stereocenters. The van der Waals surface area contributed by atoms with Gasteiger partial charge in [-0.1, -0.05) is 0 Å². The molecule has 2 heterocycles. The average molecular weight is 308 g/mol. The van der Waals surface area contributed by atoms with Gasteiger partial charge in [0.25, 0.3) is 10.0 Å². The third kappa shape index (κ3) is 2.21. The van der Waals surface area contributed by atoms with Gasteiger partial charge in [-0.05, 0) is 36.6 Å². The SMILES string of the molecule is COc1ccc2c(c1)CCCN2S(=O)(=O)c1cn[nH]c1N. The molecule has 2 aromatic rings. The monoisotopic (exact) mass is 308 g/mol. The quantitative estimate of drug-likeness (QED) is 0.885. The Balaban J connectivity index is 2.08. The number of nitrogens with two attached hydrogens (primary N) is 1. The number of rotatable bonds is 3. The Morgan fingerprint density at radius 1 is 1.43 bits per heavy atom. The summed E-state index contributed by atoms with van der Waals surface area (Å²) >= 11 is 0. The molecule has 0 spiro atoms. The van der Waals surface area contributed by atoms with Crippen LogP contribution >= 0.6 is 0 Å². The molecule has 0 amide bonds. The molecule has 3 N–H and O–H groups in total. The molecule has 0 radical (unpaired) electrons. The number of fused-ring (bicyclic) bond motifs is 1. The van der Waals surface area contributed by atoms with Crippen LogP contribution in [0.5, 0.6) is 5.75 Å². The predicted octanol–water partition coefficient (Wildman–Crippen LogP) is 1.14. The summed E-state index contributed by atoms with van der Waals surface area (Å²) in [6.45, 7) is 0.423. The van der Waals surface area contributed by atoms with Gasteiger partial charge in [0, 0.05) is 6.54 Å². The van der Waals surface area contributed by atoms with Crippen molar-refractivity contribution in [2.24, 2.45) is 0 Å². The highest BCUT2D eigenvalue weighted by atomic mass is 32.2. The Labute approximate surface area is 122 Å². The zero-order chi connectivity index (χ0) is 15.0. The van der Waals surface area contributed by atoms with Crippen LogP contribution in [0.4, 0.5) is 11.5 Å². The lowest BCUT2D eigenvalue weighted by atomic mass is 10.0. The number of methoxy groups -OCH3 is 1. The van der Waals surface area contributed by atoms with Gasteiger partial charge in [0.05, 0.1) is 19.0 Å². The van der Waals surface area contributed by atoms with Gasteiger partial charge in [-0.15, -0.1) is 0 Å². The van der Waals surface area contributed by atoms with E-state index < -0.39 is 10.0 Å². The van der Waals surface area contributed by atoms with Gasteiger partial charge in [-0.25, -0.2) is 8.42 Å². The second-order valence-electron chi connectivity index (χ2n) is 4.82. The van der Waals surface area contributed by atoms with Crippen LogP contribution in [0.2, 0.25) is 0 Å². The van der Waals surface area contributed by atoms with E-state index in [2.05, 4.69) is 10.2 Å². The van der Waals surface area contributed by atoms with Crippen molar-refractivity contribution in [3.63, 3.8) is 0 Å². The number of aromatic amines is 1. The zero-order valence-electron chi connectivity index (χ0n) is 11.5. The number of benzene rings is 1. The molecule has 0 unspecified atom stereocenters. The summed E-state index contributed by atoms with van der Waals surface area (Å²) in [6.07, 6.45) is 2.80. The Bertz CT molecular complexity index is 769. The molecule has 0 fully saturated rings. The highest BCUT2D eigenvalue weighted by Gasteiger charge is 2.31. The Morgan fingerprint density at radius 3 is 2.90 bits per heavy atom. The molecule has 3 rings (SSSR count). The maximum absolute atomic E-state index is 12.7. The van der Waals surface area contributed by atoms with Crippen LogP contribution in [0, 0.1) is 0 Å². The fraction of sp³-hybridized carbons (Fsp3) is 0.308. The van der Waals surface area contributed by atoms with Crippen molar-refractivity contribution in [2.45, 2.75) is 17.7 Å². The number of hydrogen-bond donors (Lipinski definition) is 2. The van der Waals surface area contributed by atoms with E-state index in [0.717, 1.165) is 24.2 Å². The first-order chi connectivity index (χ1) is 10.0. The molecule has 0 saturated heterocycles. The first-order valence-corrected chi connectivity index (χ1v) is 7.96. The zero-order valence-corrected chi connectivity index (χ0v) is 12.4. The van der Waals surface area contributed by atoms with Crippen LogP contribution in [0.15, 0.2) is 29.3 Å². The minimum Gasteiger partial charge on any atom is -0.497 e. The number of nitrogens with one attached hydrogen (secondary N) is 1. The lowest BCUT2D eigenvalue weighted by molar-refractivity contribution is 0.414. The molecule has 1 aromatic heterocycles. The molecule has 112 valence electrons. The maximum Gasteiger partial charge on any atom is 0.269 e. The third-order valence-corrected chi connectivity index (χ3v) is 5.40. The van der Waals surface area contributed by atoms with Crippen LogP contribution in [0.3, 0.4) is 0 Å². The van der Waals surface area contributed by atoms with Crippen molar-refractivity contribution in [3.05, 3.63) is 30.0 Å². The topological polar surface area (TPSA) is 101 Å². The number of nitrogens with zero attached hydrogens (tertiary/aromatic N) is 2. The fourth-order valence-electron chi connectivity index (χ4n) is 2.52. The Hall–Kier alpha value is -2.22. The summed E-state index contributed by atoms with van der Waals surface area (Å²) < 4.78 is 32.1. The van der Waals surface area contributed by atoms with Crippen molar-refractivity contribution in [3.8, 4) is 5.75 Å². The minimum absolute atomic E-state index is 0.00571. The lowest BCUT2D eigenvalue weighted by Crippen LogP contribution is -2.35. The van der Waals surface area contributed by atoms with Crippen LogP contribution in [-0.2, 0) is 16.4 Å². The van der Waals surface area contributed by atoms with E-state index in [1.807, 2.05) is 6.07 Å². The van der Waals surface area contributed by atoms with Crippen molar-refractivity contribution < 1.29 is 13.2 Å². The van der Waals surface area contributed by atoms with E-state index in [4.69, 9.17) is 10.5 Å². The van der Waals surface area contributed by atoms with Gasteiger partial charge in [0.1, 0.15) is 16.5 Å². The lowest BCUT2D eigenvalue weighted by Gasteiger charge is -2.30. The molecule has 1 aromatic carbocycles. The summed E-state index contributed by atoms with van der Waals surface area (Å²) in [7, 11) is -2.12. The van der Waals surface area contributed by atoms with E-state index in [-0.39, 0.29) is 10.7 Å². The first-order valence-electron chi connectivity index (χ1n) is 6.52. The summed E-state index contributed by atoms with van der Waals surface area (Å²) in [6, 6.07) is 5.39. The Morgan fingerprint density at radius 2 is 2.24 bits per heavy atom. The molecular weight excluding hydrogens is 292 g/mol. The van der Waals surface area contributed by atoms with Gasteiger partial charge in [-0.2, -0.15) is 5.10 Å². The number of H-pyrrole nitrogens is 1. The number of anilines is 2. The summed E-state index contributed by atoms with van der Waals surface area (Å²) in [4.78, 5) is 0.00571. The van der Waals surface area contributed by atoms with Crippen molar-refractivity contribution >= 4 is 21.5 Å². The van der Waals surface area contributed by atoms with E-state index in [9.17, 15) is 8.42 Å². The van der Waals surface area contributed by atoms with Gasteiger partial charge >= 0.3 is 0 Å². The van der Waals surface area contributed by atoms with E-state index in [1.54, 1.807) is 19.2 Å². The molecule has 8 heteroatoms. The van der Waals surface area contributed by atoms with Crippen molar-refractivity contribution in [2.75, 3.05) is 23.7 Å². The molecule has 0 saturated carbocycles. The summed E-state index contributed by atoms with van der Waals surface area (Å²) in [5.74, 6) is 0.770. The number of sulfonamides is 1. The second-order valence-corrected chi connectivity index (χ2v) is 6.65. The van der Waals surface area contributed by atoms with Crippen molar-refractivity contribution in [1.29, 1.82) is 0 Å². The number of aryl methyl sites for hydroxylation is 1. The smallest absolute Gasteiger partial charge is 0.269 e. The van der Waals surface area contributed by atoms with Crippen LogP contribution < -0.4 is 14.8 Å². The summed E-state index contributed by atoms with van der Waals surface area (Å²) in [5, 5.41) is 6.15. The Kier molecular flexibility index (Phi) is 3.25. The molecule has 0 bridgehead atoms. The van der Waals surface area contributed by atoms with Gasteiger partial charge in [-0.3, -0.25) is 9.40 Å². The maximum atomic E-state index is 12.7. The van der Waals surface area contributed by atoms with Crippen LogP contribution in [-0.4, -0.2) is 32.3 Å². The van der Waals surface area contributed by atoms with Crippen LogP contribution in [0.1, 0.15) is 12.0 Å². The second kappa shape index (κ2) is 4.96. The average Bonchev–Trinajstić information content (AvgIpc) is 2.93. The van der Waals surface area contributed by atoms with Gasteiger partial charge in [0.2, 0.25) is 0 Å². The highest BCUT2D eigenvalue weighted by molar-refractivity contribution is 7.93. The predicted molar refractivity (Wildman–Crippen MR) is 78.8 cm³/mol. The van der Waals surface area contributed by atoms with E-state index >= 15 is 0 Å². The van der Waals surface area contributed by atoms with Gasteiger partial charge < -0.3 is 10.5 Å². The minimum atomic E-state index is -3.71. The molecule has 1 aliphatic heterocycles. The number of hydrogen-bond acceptors (Lipinski definition) is 5. The third-order valence-electron chi connectivity index (χ3n) is 3.56. The van der Waals surface area contributed by atoms with Crippen molar-refractivity contribution in [1.82, 2.24) is 10.2 Å². The normalized spacial score (nSPS) is 14.8. The molecule has 21 heavy (non-hydrogen) atoms. The number of nitrogen functional groups attached to an aromatic ring is 1. The fourth-order valence-corrected chi connectivity index (χ4v) is 4.08. The van der Waals surface area contributed by atoms with Crippen LogP contribution in [0.25, 0.3) is 0 Å². The number of ether oxygens (including phenoxy) is 1. The largest absolute Gasteiger partial charge is 0.497 e. The first kappa shape index (κ1) is 13.7. The van der Waals surface area contributed by atoms with Gasteiger partial charge in [0.15, 0.2) is 0 Å². The van der Waals surface area contributed by atoms with E-state index in [1.165, 1.54) is 10.5 Å². The molecule has 0 aliphatic carbocycles. The number of aromatic nitrogens is 2. The standard InChI is InChI=1S/C13H16N4O3S/c1-20-10-4-5-11-9(7-10)3-2-6-17(11)21(18,19)12-8-15-16-13(12)14/h4-5,7-8H,2-3,6H2,1H3,(H3,14,15,16).